The van der Waals surface area contributed by atoms with Gasteiger partial charge in [-0.2, -0.15) is 0 Å². The molecule has 0 amide bonds. The van der Waals surface area contributed by atoms with E-state index >= 15 is 0 Å². The lowest BCUT2D eigenvalue weighted by molar-refractivity contribution is 0.00932. The largest absolute Gasteiger partial charge is 0.393 e. The van der Waals surface area contributed by atoms with E-state index in [1.165, 1.54) is 64.5 Å². The molecule has 3 unspecified atom stereocenters. The maximum atomic E-state index is 10.4. The molecule has 0 spiro atoms. The van der Waals surface area contributed by atoms with Crippen molar-refractivity contribution < 1.29 is 5.11 Å². The first-order chi connectivity index (χ1) is 10.1. The molecule has 1 N–H and O–H groups in total. The first-order valence-electron chi connectivity index (χ1n) is 9.53. The number of piperidine rings is 1. The molecule has 2 heteroatoms. The van der Waals surface area contributed by atoms with Gasteiger partial charge < -0.3 is 10.0 Å². The van der Waals surface area contributed by atoms with Gasteiger partial charge in [-0.25, -0.2) is 0 Å². The molecule has 1 saturated heterocycles. The number of likely N-dealkylation sites (tertiary alicyclic amines) is 1. The van der Waals surface area contributed by atoms with Gasteiger partial charge in [0.05, 0.1) is 6.10 Å². The van der Waals surface area contributed by atoms with Crippen LogP contribution in [0.25, 0.3) is 0 Å². The molecule has 1 aliphatic heterocycles. The lowest BCUT2D eigenvalue weighted by atomic mass is 9.73. The third-order valence-electron chi connectivity index (χ3n) is 6.66. The molecular weight excluding hydrogens is 258 g/mol. The third kappa shape index (κ3) is 4.45. The van der Waals surface area contributed by atoms with E-state index in [2.05, 4.69) is 25.7 Å². The monoisotopic (exact) mass is 295 g/mol. The van der Waals surface area contributed by atoms with Gasteiger partial charge in [0.25, 0.3) is 0 Å². The molecule has 2 fully saturated rings. The standard InChI is InChI=1S/C19H37NO/c1-4-7-16-8-9-18(21)17(14-16)15-20-12-10-19(5-2,6-3)11-13-20/h16-18,21H,4-15H2,1-3H3. The summed E-state index contributed by atoms with van der Waals surface area (Å²) in [7, 11) is 0. The van der Waals surface area contributed by atoms with Crippen molar-refractivity contribution >= 4 is 0 Å². The minimum atomic E-state index is -0.0397. The first kappa shape index (κ1) is 17.3. The van der Waals surface area contributed by atoms with Crippen LogP contribution < -0.4 is 0 Å². The Labute approximate surface area is 132 Å². The molecule has 0 aromatic heterocycles. The zero-order valence-corrected chi connectivity index (χ0v) is 14.6. The van der Waals surface area contributed by atoms with Crippen molar-refractivity contribution in [1.82, 2.24) is 4.90 Å². The Morgan fingerprint density at radius 3 is 2.29 bits per heavy atom. The summed E-state index contributed by atoms with van der Waals surface area (Å²) in [4.78, 5) is 2.64. The Kier molecular flexibility index (Phi) is 6.55. The quantitative estimate of drug-likeness (QED) is 0.781. The molecule has 1 saturated carbocycles. The fourth-order valence-corrected chi connectivity index (χ4v) is 4.71. The van der Waals surface area contributed by atoms with Crippen LogP contribution in [-0.4, -0.2) is 35.7 Å². The number of nitrogens with zero attached hydrogens (tertiary/aromatic N) is 1. The normalized spacial score (nSPS) is 34.0. The Bertz CT molecular complexity index is 290. The molecule has 21 heavy (non-hydrogen) atoms. The smallest absolute Gasteiger partial charge is 0.0580 e. The second-order valence-electron chi connectivity index (χ2n) is 7.80. The SMILES string of the molecule is CCCC1CCC(O)C(CN2CCC(CC)(CC)CC2)C1. The van der Waals surface area contributed by atoms with Crippen LogP contribution in [0, 0.1) is 17.3 Å². The van der Waals surface area contributed by atoms with Crippen LogP contribution in [0.15, 0.2) is 0 Å². The zero-order valence-electron chi connectivity index (χ0n) is 14.6. The average molecular weight is 296 g/mol. The number of hydrogen-bond acceptors (Lipinski definition) is 2. The second kappa shape index (κ2) is 7.97. The number of aliphatic hydroxyl groups is 1. The minimum absolute atomic E-state index is 0.0397. The van der Waals surface area contributed by atoms with Gasteiger partial charge in [0.1, 0.15) is 0 Å². The molecule has 0 aromatic rings. The maximum Gasteiger partial charge on any atom is 0.0580 e. The first-order valence-corrected chi connectivity index (χ1v) is 9.53. The number of aliphatic hydroxyl groups excluding tert-OH is 1. The van der Waals surface area contributed by atoms with Crippen molar-refractivity contribution in [3.8, 4) is 0 Å². The van der Waals surface area contributed by atoms with E-state index in [1.54, 1.807) is 0 Å². The van der Waals surface area contributed by atoms with E-state index in [-0.39, 0.29) is 6.10 Å². The van der Waals surface area contributed by atoms with Crippen molar-refractivity contribution in [2.75, 3.05) is 19.6 Å². The predicted octanol–water partition coefficient (Wildman–Crippen LogP) is 4.47. The summed E-state index contributed by atoms with van der Waals surface area (Å²) in [5, 5.41) is 10.4. The zero-order chi connectivity index (χ0) is 15.3. The van der Waals surface area contributed by atoms with E-state index in [9.17, 15) is 5.11 Å². The number of hydrogen-bond donors (Lipinski definition) is 1. The van der Waals surface area contributed by atoms with Crippen molar-refractivity contribution in [2.45, 2.75) is 84.7 Å². The molecule has 2 rings (SSSR count). The van der Waals surface area contributed by atoms with Crippen LogP contribution in [0.3, 0.4) is 0 Å². The Balaban J connectivity index is 1.81. The summed E-state index contributed by atoms with van der Waals surface area (Å²) in [5.74, 6) is 1.41. The van der Waals surface area contributed by atoms with Crippen LogP contribution in [0.4, 0.5) is 0 Å². The van der Waals surface area contributed by atoms with Crippen molar-refractivity contribution in [1.29, 1.82) is 0 Å². The Morgan fingerprint density at radius 2 is 1.71 bits per heavy atom. The van der Waals surface area contributed by atoms with E-state index in [0.29, 0.717) is 11.3 Å². The van der Waals surface area contributed by atoms with Gasteiger partial charge in [-0.05, 0) is 62.4 Å². The van der Waals surface area contributed by atoms with Gasteiger partial charge in [0.2, 0.25) is 0 Å². The highest BCUT2D eigenvalue weighted by atomic mass is 16.3. The third-order valence-corrected chi connectivity index (χ3v) is 6.66. The van der Waals surface area contributed by atoms with E-state index in [4.69, 9.17) is 0 Å². The molecule has 1 heterocycles. The van der Waals surface area contributed by atoms with E-state index < -0.39 is 0 Å². The van der Waals surface area contributed by atoms with Gasteiger partial charge in [-0.1, -0.05) is 46.5 Å². The fourth-order valence-electron chi connectivity index (χ4n) is 4.71. The summed E-state index contributed by atoms with van der Waals surface area (Å²) in [6.07, 6.45) is 11.6. The van der Waals surface area contributed by atoms with Gasteiger partial charge >= 0.3 is 0 Å². The highest BCUT2D eigenvalue weighted by Gasteiger charge is 2.34. The Hall–Kier alpha value is -0.0800. The summed E-state index contributed by atoms with van der Waals surface area (Å²) < 4.78 is 0. The topological polar surface area (TPSA) is 23.5 Å². The second-order valence-corrected chi connectivity index (χ2v) is 7.80. The average Bonchev–Trinajstić information content (AvgIpc) is 2.52. The van der Waals surface area contributed by atoms with Crippen LogP contribution >= 0.6 is 0 Å². The fraction of sp³-hybridized carbons (Fsp3) is 1.00. The molecule has 3 atom stereocenters. The minimum Gasteiger partial charge on any atom is -0.393 e. The molecule has 1 aliphatic carbocycles. The summed E-state index contributed by atoms with van der Waals surface area (Å²) in [6.45, 7) is 10.7. The van der Waals surface area contributed by atoms with Gasteiger partial charge in [-0.15, -0.1) is 0 Å². The van der Waals surface area contributed by atoms with Gasteiger partial charge in [0, 0.05) is 6.54 Å². The molecule has 0 bridgehead atoms. The molecule has 124 valence electrons. The van der Waals surface area contributed by atoms with Crippen molar-refractivity contribution in [3.63, 3.8) is 0 Å². The lowest BCUT2D eigenvalue weighted by Gasteiger charge is -2.43. The summed E-state index contributed by atoms with van der Waals surface area (Å²) in [6, 6.07) is 0. The van der Waals surface area contributed by atoms with E-state index in [1.807, 2.05) is 0 Å². The summed E-state index contributed by atoms with van der Waals surface area (Å²) in [5.41, 5.74) is 0.617. The van der Waals surface area contributed by atoms with Crippen LogP contribution in [0.1, 0.15) is 78.6 Å². The molecule has 2 nitrogen and oxygen atoms in total. The van der Waals surface area contributed by atoms with Crippen LogP contribution in [0.2, 0.25) is 0 Å². The van der Waals surface area contributed by atoms with Crippen LogP contribution in [0.5, 0.6) is 0 Å². The van der Waals surface area contributed by atoms with Crippen LogP contribution in [-0.2, 0) is 0 Å². The van der Waals surface area contributed by atoms with Gasteiger partial charge in [0.15, 0.2) is 0 Å². The Morgan fingerprint density at radius 1 is 1.05 bits per heavy atom. The van der Waals surface area contributed by atoms with Crippen molar-refractivity contribution in [3.05, 3.63) is 0 Å². The molecular formula is C19H37NO. The molecule has 0 aromatic carbocycles. The predicted molar refractivity (Wildman–Crippen MR) is 90.4 cm³/mol. The van der Waals surface area contributed by atoms with Crippen molar-refractivity contribution in [2.24, 2.45) is 17.3 Å². The highest BCUT2D eigenvalue weighted by Crippen LogP contribution is 2.39. The maximum absolute atomic E-state index is 10.4. The molecule has 0 radical (unpaired) electrons. The summed E-state index contributed by atoms with van der Waals surface area (Å²) >= 11 is 0. The van der Waals surface area contributed by atoms with Gasteiger partial charge in [-0.3, -0.25) is 0 Å². The number of rotatable bonds is 6. The molecule has 2 aliphatic rings. The lowest BCUT2D eigenvalue weighted by Crippen LogP contribution is -2.45. The highest BCUT2D eigenvalue weighted by molar-refractivity contribution is 4.87. The van der Waals surface area contributed by atoms with E-state index in [0.717, 1.165) is 18.9 Å².